The highest BCUT2D eigenvalue weighted by molar-refractivity contribution is 7.99. The van der Waals surface area contributed by atoms with Crippen LogP contribution in [0.3, 0.4) is 0 Å². The van der Waals surface area contributed by atoms with Gasteiger partial charge in [0.05, 0.1) is 10.9 Å². The average molecular weight is 331 g/mol. The van der Waals surface area contributed by atoms with E-state index in [4.69, 9.17) is 0 Å². The summed E-state index contributed by atoms with van der Waals surface area (Å²) in [6.45, 7) is 4.08. The van der Waals surface area contributed by atoms with E-state index < -0.39 is 0 Å². The first-order chi connectivity index (χ1) is 11.2. The van der Waals surface area contributed by atoms with Crippen molar-refractivity contribution in [2.75, 3.05) is 24.6 Å². The van der Waals surface area contributed by atoms with Crippen LogP contribution in [0.25, 0.3) is 10.9 Å². The number of thioether (sulfide) groups is 1. The summed E-state index contributed by atoms with van der Waals surface area (Å²) in [5.74, 6) is 2.96. The van der Waals surface area contributed by atoms with Crippen molar-refractivity contribution in [2.24, 2.45) is 0 Å². The van der Waals surface area contributed by atoms with Crippen molar-refractivity contribution in [2.45, 2.75) is 26.3 Å². The molecule has 0 radical (unpaired) electrons. The number of benzene rings is 1. The summed E-state index contributed by atoms with van der Waals surface area (Å²) in [4.78, 5) is 31.2. The van der Waals surface area contributed by atoms with Gasteiger partial charge in [0, 0.05) is 37.6 Å². The largest absolute Gasteiger partial charge is 0.341 e. The Hall–Kier alpha value is -1.82. The van der Waals surface area contributed by atoms with Crippen LogP contribution >= 0.6 is 11.8 Å². The second kappa shape index (κ2) is 7.17. The maximum absolute atomic E-state index is 12.6. The van der Waals surface area contributed by atoms with E-state index in [0.29, 0.717) is 30.6 Å². The van der Waals surface area contributed by atoms with Crippen LogP contribution in [-0.4, -0.2) is 45.0 Å². The SMILES string of the molecule is Cc1nc2ccccc2c(=O)n1CCCC(=O)N1CCSCC1. The fourth-order valence-electron chi connectivity index (χ4n) is 2.90. The number of rotatable bonds is 4. The number of hydrogen-bond acceptors (Lipinski definition) is 4. The normalized spacial score (nSPS) is 15.1. The van der Waals surface area contributed by atoms with Gasteiger partial charge in [-0.25, -0.2) is 4.98 Å². The molecule has 1 aliphatic heterocycles. The van der Waals surface area contributed by atoms with Crippen LogP contribution < -0.4 is 5.56 Å². The Morgan fingerprint density at radius 3 is 2.78 bits per heavy atom. The van der Waals surface area contributed by atoms with E-state index in [1.807, 2.05) is 41.8 Å². The van der Waals surface area contributed by atoms with Crippen LogP contribution in [0.15, 0.2) is 29.1 Å². The lowest BCUT2D eigenvalue weighted by Gasteiger charge is -2.26. The lowest BCUT2D eigenvalue weighted by Crippen LogP contribution is -2.38. The number of fused-ring (bicyclic) bond motifs is 1. The van der Waals surface area contributed by atoms with E-state index in [0.717, 1.165) is 30.1 Å². The summed E-state index contributed by atoms with van der Waals surface area (Å²) in [5, 5.41) is 0.637. The topological polar surface area (TPSA) is 55.2 Å². The molecule has 1 amide bonds. The molecule has 0 spiro atoms. The van der Waals surface area contributed by atoms with Gasteiger partial charge in [0.1, 0.15) is 5.82 Å². The van der Waals surface area contributed by atoms with Gasteiger partial charge in [-0.05, 0) is 25.5 Å². The van der Waals surface area contributed by atoms with Gasteiger partial charge < -0.3 is 4.90 Å². The molecule has 2 aromatic rings. The molecule has 1 aromatic carbocycles. The molecule has 1 fully saturated rings. The second-order valence-corrected chi connectivity index (χ2v) is 6.95. The Kier molecular flexibility index (Phi) is 5.00. The lowest BCUT2D eigenvalue weighted by molar-refractivity contribution is -0.130. The maximum Gasteiger partial charge on any atom is 0.261 e. The minimum absolute atomic E-state index is 0.0186. The van der Waals surface area contributed by atoms with Crippen LogP contribution in [0.5, 0.6) is 0 Å². The van der Waals surface area contributed by atoms with Crippen LogP contribution in [0.1, 0.15) is 18.7 Å². The van der Waals surface area contributed by atoms with Gasteiger partial charge in [-0.3, -0.25) is 14.2 Å². The number of para-hydroxylation sites is 1. The Bertz CT molecular complexity index is 766. The summed E-state index contributed by atoms with van der Waals surface area (Å²) < 4.78 is 1.68. The van der Waals surface area contributed by atoms with Crippen molar-refractivity contribution < 1.29 is 4.79 Å². The van der Waals surface area contributed by atoms with Gasteiger partial charge in [-0.15, -0.1) is 0 Å². The monoisotopic (exact) mass is 331 g/mol. The van der Waals surface area contributed by atoms with E-state index in [2.05, 4.69) is 4.98 Å². The number of nitrogens with zero attached hydrogens (tertiary/aromatic N) is 3. The molecule has 3 rings (SSSR count). The molecule has 0 N–H and O–H groups in total. The summed E-state index contributed by atoms with van der Waals surface area (Å²) in [7, 11) is 0. The highest BCUT2D eigenvalue weighted by Crippen LogP contribution is 2.12. The quantitative estimate of drug-likeness (QED) is 0.860. The molecular weight excluding hydrogens is 310 g/mol. The molecule has 122 valence electrons. The summed E-state index contributed by atoms with van der Waals surface area (Å²) >= 11 is 1.89. The minimum Gasteiger partial charge on any atom is -0.341 e. The van der Waals surface area contributed by atoms with E-state index in [1.54, 1.807) is 10.6 Å². The highest BCUT2D eigenvalue weighted by atomic mass is 32.2. The predicted molar refractivity (Wildman–Crippen MR) is 93.9 cm³/mol. The van der Waals surface area contributed by atoms with E-state index in [9.17, 15) is 9.59 Å². The van der Waals surface area contributed by atoms with Crippen molar-refractivity contribution in [3.05, 3.63) is 40.4 Å². The molecule has 1 saturated heterocycles. The molecule has 0 unspecified atom stereocenters. The number of aromatic nitrogens is 2. The van der Waals surface area contributed by atoms with Crippen molar-refractivity contribution in [3.63, 3.8) is 0 Å². The fourth-order valence-corrected chi connectivity index (χ4v) is 3.80. The van der Waals surface area contributed by atoms with Crippen LogP contribution in [-0.2, 0) is 11.3 Å². The zero-order valence-corrected chi connectivity index (χ0v) is 14.1. The predicted octanol–water partition coefficient (Wildman–Crippen LogP) is 2.06. The Labute approximate surface area is 139 Å². The van der Waals surface area contributed by atoms with Gasteiger partial charge in [0.25, 0.3) is 5.56 Å². The molecule has 0 aliphatic carbocycles. The van der Waals surface area contributed by atoms with E-state index in [-0.39, 0.29) is 11.5 Å². The van der Waals surface area contributed by atoms with Crippen LogP contribution in [0.4, 0.5) is 0 Å². The molecule has 0 bridgehead atoms. The zero-order chi connectivity index (χ0) is 16.2. The first kappa shape index (κ1) is 16.1. The lowest BCUT2D eigenvalue weighted by atomic mass is 10.2. The van der Waals surface area contributed by atoms with Gasteiger partial charge in [-0.2, -0.15) is 11.8 Å². The number of aryl methyl sites for hydroxylation is 1. The molecule has 0 atom stereocenters. The van der Waals surface area contributed by atoms with Gasteiger partial charge in [0.2, 0.25) is 5.91 Å². The number of amides is 1. The summed E-state index contributed by atoms with van der Waals surface area (Å²) in [5.41, 5.74) is 0.711. The molecular formula is C17H21N3O2S. The fraction of sp³-hybridized carbons (Fsp3) is 0.471. The number of carbonyl (C=O) groups excluding carboxylic acids is 1. The molecule has 1 aliphatic rings. The number of carbonyl (C=O) groups is 1. The molecule has 6 heteroatoms. The molecule has 23 heavy (non-hydrogen) atoms. The second-order valence-electron chi connectivity index (χ2n) is 5.73. The molecule has 5 nitrogen and oxygen atoms in total. The van der Waals surface area contributed by atoms with Crippen molar-refractivity contribution >= 4 is 28.6 Å². The standard InChI is InChI=1S/C17H21N3O2S/c1-13-18-15-6-3-2-5-14(15)17(22)20(13)8-4-7-16(21)19-9-11-23-12-10-19/h2-3,5-6H,4,7-12H2,1H3. The first-order valence-corrected chi connectivity index (χ1v) is 9.14. The third-order valence-corrected chi connectivity index (χ3v) is 5.13. The molecule has 2 heterocycles. The van der Waals surface area contributed by atoms with Crippen molar-refractivity contribution in [3.8, 4) is 0 Å². The Morgan fingerprint density at radius 2 is 2.00 bits per heavy atom. The van der Waals surface area contributed by atoms with Gasteiger partial charge in [-0.1, -0.05) is 12.1 Å². The van der Waals surface area contributed by atoms with Crippen molar-refractivity contribution in [1.29, 1.82) is 0 Å². The summed E-state index contributed by atoms with van der Waals surface area (Å²) in [6, 6.07) is 7.39. The molecule has 0 saturated carbocycles. The van der Waals surface area contributed by atoms with E-state index >= 15 is 0 Å². The third kappa shape index (κ3) is 3.58. The number of hydrogen-bond donors (Lipinski definition) is 0. The van der Waals surface area contributed by atoms with Crippen LogP contribution in [0, 0.1) is 6.92 Å². The zero-order valence-electron chi connectivity index (χ0n) is 13.3. The van der Waals surface area contributed by atoms with Gasteiger partial charge >= 0.3 is 0 Å². The average Bonchev–Trinajstić information content (AvgIpc) is 2.58. The smallest absolute Gasteiger partial charge is 0.261 e. The first-order valence-electron chi connectivity index (χ1n) is 7.98. The highest BCUT2D eigenvalue weighted by Gasteiger charge is 2.16. The Balaban J connectivity index is 1.67. The van der Waals surface area contributed by atoms with Crippen LogP contribution in [0.2, 0.25) is 0 Å². The third-order valence-electron chi connectivity index (χ3n) is 4.19. The van der Waals surface area contributed by atoms with E-state index in [1.165, 1.54) is 0 Å². The molecule has 1 aromatic heterocycles. The van der Waals surface area contributed by atoms with Gasteiger partial charge in [0.15, 0.2) is 0 Å². The minimum atomic E-state index is -0.0186. The van der Waals surface area contributed by atoms with Crippen molar-refractivity contribution in [1.82, 2.24) is 14.5 Å². The Morgan fingerprint density at radius 1 is 1.26 bits per heavy atom. The summed E-state index contributed by atoms with van der Waals surface area (Å²) in [6.07, 6.45) is 1.16. The maximum atomic E-state index is 12.6.